The molecule has 9 heteroatoms. The average Bonchev–Trinajstić information content (AvgIpc) is 2.66. The molecule has 0 bridgehead atoms. The van der Waals surface area contributed by atoms with Crippen molar-refractivity contribution in [3.63, 3.8) is 0 Å². The van der Waals surface area contributed by atoms with Gasteiger partial charge in [0, 0.05) is 18.2 Å². The maximum atomic E-state index is 12.3. The molecule has 2 aromatic rings. The molecular weight excluding hydrogens is 375 g/mol. The summed E-state index contributed by atoms with van der Waals surface area (Å²) >= 11 is 0. The van der Waals surface area contributed by atoms with Gasteiger partial charge >= 0.3 is 6.18 Å². The summed E-state index contributed by atoms with van der Waals surface area (Å²) in [4.78, 5) is 27.9. The fourth-order valence-electron chi connectivity index (χ4n) is 2.25. The molecule has 0 fully saturated rings. The van der Waals surface area contributed by atoms with E-state index in [4.69, 9.17) is 0 Å². The average molecular weight is 395 g/mol. The monoisotopic (exact) mass is 395 g/mol. The topological polar surface area (TPSA) is 80.3 Å². The Morgan fingerprint density at radius 1 is 1.18 bits per heavy atom. The van der Waals surface area contributed by atoms with Gasteiger partial charge in [0.1, 0.15) is 11.6 Å². The zero-order valence-electron chi connectivity index (χ0n) is 15.3. The van der Waals surface area contributed by atoms with E-state index in [0.717, 1.165) is 5.56 Å². The lowest BCUT2D eigenvalue weighted by Crippen LogP contribution is -2.26. The zero-order chi connectivity index (χ0) is 20.7. The molecule has 0 saturated heterocycles. The normalized spacial score (nSPS) is 12.2. The van der Waals surface area contributed by atoms with Crippen molar-refractivity contribution in [3.05, 3.63) is 53.7 Å². The summed E-state index contributed by atoms with van der Waals surface area (Å²) in [7, 11) is 0. The summed E-state index contributed by atoms with van der Waals surface area (Å²) in [5.74, 6) is -0.163. The smallest absolute Gasteiger partial charge is 0.422 e. The number of carbonyl (C=O) groups excluding carboxylic acids is 2. The van der Waals surface area contributed by atoms with E-state index in [0.29, 0.717) is 12.2 Å². The van der Waals surface area contributed by atoms with Crippen molar-refractivity contribution < 1.29 is 27.5 Å². The molecule has 0 spiro atoms. The van der Waals surface area contributed by atoms with Crippen LogP contribution in [0.2, 0.25) is 0 Å². The molecule has 1 unspecified atom stereocenters. The lowest BCUT2D eigenvalue weighted by Gasteiger charge is -2.15. The van der Waals surface area contributed by atoms with Crippen LogP contribution in [0.3, 0.4) is 0 Å². The fraction of sp³-hybridized carbons (Fsp3) is 0.316. The zero-order valence-corrected chi connectivity index (χ0v) is 15.3. The maximum absolute atomic E-state index is 12.3. The molecule has 1 atom stereocenters. The van der Waals surface area contributed by atoms with Gasteiger partial charge in [-0.2, -0.15) is 13.2 Å². The first-order valence-corrected chi connectivity index (χ1v) is 8.54. The van der Waals surface area contributed by atoms with Gasteiger partial charge in [-0.25, -0.2) is 4.98 Å². The number of hydrogen-bond donors (Lipinski definition) is 2. The molecule has 28 heavy (non-hydrogen) atoms. The van der Waals surface area contributed by atoms with Gasteiger partial charge in [0.25, 0.3) is 5.91 Å². The number of anilines is 1. The van der Waals surface area contributed by atoms with Crippen LogP contribution in [-0.4, -0.2) is 29.6 Å². The number of hydrogen-bond acceptors (Lipinski definition) is 4. The Morgan fingerprint density at radius 3 is 2.46 bits per heavy atom. The quantitative estimate of drug-likeness (QED) is 0.746. The molecular formula is C19H20F3N3O3. The molecule has 1 heterocycles. The fourth-order valence-corrected chi connectivity index (χ4v) is 2.25. The predicted octanol–water partition coefficient (Wildman–Crippen LogP) is 3.86. The molecule has 6 nitrogen and oxygen atoms in total. The van der Waals surface area contributed by atoms with E-state index in [1.54, 1.807) is 26.0 Å². The van der Waals surface area contributed by atoms with Crippen molar-refractivity contribution in [3.8, 4) is 5.75 Å². The largest absolute Gasteiger partial charge is 0.484 e. The standard InChI is InChI=1S/C19H20F3N3O3/c1-3-17(26)25-16-10-14(8-9-23-16)12(2)24-18(27)13-4-6-15(7-5-13)28-11-19(20,21)22/h4-10,12H,3,11H2,1-2H3,(H,24,27)(H,23,25,26). The van der Waals surface area contributed by atoms with Crippen LogP contribution >= 0.6 is 0 Å². The Morgan fingerprint density at radius 2 is 1.86 bits per heavy atom. The molecule has 0 radical (unpaired) electrons. The Labute approximate surface area is 160 Å². The van der Waals surface area contributed by atoms with Crippen molar-refractivity contribution in [2.75, 3.05) is 11.9 Å². The summed E-state index contributed by atoms with van der Waals surface area (Å²) in [5.41, 5.74) is 1.01. The summed E-state index contributed by atoms with van der Waals surface area (Å²) in [6.07, 6.45) is -2.58. The Kier molecular flexibility index (Phi) is 6.97. The van der Waals surface area contributed by atoms with E-state index in [9.17, 15) is 22.8 Å². The first-order valence-electron chi connectivity index (χ1n) is 8.54. The second kappa shape index (κ2) is 9.20. The van der Waals surface area contributed by atoms with Crippen LogP contribution in [0.4, 0.5) is 19.0 Å². The minimum Gasteiger partial charge on any atom is -0.484 e. The Bertz CT molecular complexity index is 823. The summed E-state index contributed by atoms with van der Waals surface area (Å²) in [6.45, 7) is 2.09. The van der Waals surface area contributed by atoms with Gasteiger partial charge in [-0.15, -0.1) is 0 Å². The molecule has 150 valence electrons. The number of alkyl halides is 3. The van der Waals surface area contributed by atoms with Crippen LogP contribution in [0.5, 0.6) is 5.75 Å². The number of nitrogens with one attached hydrogen (secondary N) is 2. The van der Waals surface area contributed by atoms with E-state index in [2.05, 4.69) is 20.4 Å². The predicted molar refractivity (Wildman–Crippen MR) is 97.0 cm³/mol. The van der Waals surface area contributed by atoms with Crippen molar-refractivity contribution in [2.45, 2.75) is 32.5 Å². The maximum Gasteiger partial charge on any atom is 0.422 e. The van der Waals surface area contributed by atoms with Crippen molar-refractivity contribution in [1.82, 2.24) is 10.3 Å². The third-order valence-electron chi connectivity index (χ3n) is 3.74. The van der Waals surface area contributed by atoms with Gasteiger partial charge in [0.2, 0.25) is 5.91 Å². The van der Waals surface area contributed by atoms with E-state index >= 15 is 0 Å². The number of aromatic nitrogens is 1. The van der Waals surface area contributed by atoms with Crippen molar-refractivity contribution >= 4 is 17.6 Å². The molecule has 0 saturated carbocycles. The van der Waals surface area contributed by atoms with E-state index in [-0.39, 0.29) is 23.3 Å². The molecule has 2 amide bonds. The number of benzene rings is 1. The van der Waals surface area contributed by atoms with Crippen LogP contribution in [0.1, 0.15) is 42.2 Å². The third-order valence-corrected chi connectivity index (χ3v) is 3.74. The van der Waals surface area contributed by atoms with Gasteiger partial charge < -0.3 is 15.4 Å². The Hall–Kier alpha value is -3.10. The van der Waals surface area contributed by atoms with E-state index in [1.807, 2.05) is 0 Å². The molecule has 0 aliphatic rings. The van der Waals surface area contributed by atoms with Gasteiger partial charge in [-0.1, -0.05) is 6.92 Å². The highest BCUT2D eigenvalue weighted by molar-refractivity contribution is 5.94. The number of nitrogens with zero attached hydrogens (tertiary/aromatic N) is 1. The third kappa shape index (κ3) is 6.57. The number of halogens is 3. The minimum absolute atomic E-state index is 0.0207. The molecule has 2 rings (SSSR count). The van der Waals surface area contributed by atoms with Crippen molar-refractivity contribution in [1.29, 1.82) is 0 Å². The highest BCUT2D eigenvalue weighted by atomic mass is 19.4. The molecule has 0 aliphatic heterocycles. The molecule has 0 aliphatic carbocycles. The highest BCUT2D eigenvalue weighted by Gasteiger charge is 2.28. The highest BCUT2D eigenvalue weighted by Crippen LogP contribution is 2.20. The van der Waals surface area contributed by atoms with Gasteiger partial charge in [0.15, 0.2) is 6.61 Å². The number of carbonyl (C=O) groups is 2. The van der Waals surface area contributed by atoms with Crippen molar-refractivity contribution in [2.24, 2.45) is 0 Å². The summed E-state index contributed by atoms with van der Waals surface area (Å²) in [6, 6.07) is 8.36. The van der Waals surface area contributed by atoms with Crippen LogP contribution in [0.25, 0.3) is 0 Å². The second-order valence-corrected chi connectivity index (χ2v) is 6.00. The molecule has 1 aromatic carbocycles. The minimum atomic E-state index is -4.43. The number of amides is 2. The number of pyridine rings is 1. The van der Waals surface area contributed by atoms with E-state index < -0.39 is 18.7 Å². The SMILES string of the molecule is CCC(=O)Nc1cc(C(C)NC(=O)c2ccc(OCC(F)(F)F)cc2)ccn1. The van der Waals surface area contributed by atoms with Crippen LogP contribution in [-0.2, 0) is 4.79 Å². The first-order chi connectivity index (χ1) is 13.2. The van der Waals surface area contributed by atoms with Gasteiger partial charge in [-0.05, 0) is 48.9 Å². The number of ether oxygens (including phenoxy) is 1. The summed E-state index contributed by atoms with van der Waals surface area (Å²) in [5, 5.41) is 5.43. The van der Waals surface area contributed by atoms with Crippen LogP contribution in [0, 0.1) is 0 Å². The first kappa shape index (κ1) is 21.2. The van der Waals surface area contributed by atoms with Gasteiger partial charge in [-0.3, -0.25) is 9.59 Å². The Balaban J connectivity index is 1.98. The van der Waals surface area contributed by atoms with Crippen LogP contribution < -0.4 is 15.4 Å². The summed E-state index contributed by atoms with van der Waals surface area (Å²) < 4.78 is 41.1. The lowest BCUT2D eigenvalue weighted by molar-refractivity contribution is -0.153. The second-order valence-electron chi connectivity index (χ2n) is 6.00. The number of rotatable bonds is 7. The van der Waals surface area contributed by atoms with Crippen LogP contribution in [0.15, 0.2) is 42.6 Å². The molecule has 2 N–H and O–H groups in total. The van der Waals surface area contributed by atoms with E-state index in [1.165, 1.54) is 30.5 Å². The molecule has 1 aromatic heterocycles. The van der Waals surface area contributed by atoms with Gasteiger partial charge in [0.05, 0.1) is 6.04 Å². The lowest BCUT2D eigenvalue weighted by atomic mass is 10.1.